The first-order chi connectivity index (χ1) is 18.0. The lowest BCUT2D eigenvalue weighted by atomic mass is 10.2. The average Bonchev–Trinajstić information content (AvgIpc) is 3.29. The van der Waals surface area contributed by atoms with E-state index in [4.69, 9.17) is 4.74 Å². The summed E-state index contributed by atoms with van der Waals surface area (Å²) in [5, 5.41) is 4.34. The molecule has 3 aromatic carbocycles. The molecule has 0 atom stereocenters. The number of hydrazone groups is 1. The standard InChI is InChI=1S/C28H26N6O3/c1-32-25-24(26(35)33(2)28(32)36)34(18-21-9-5-3-6-10-21)27(30-25)31-29-17-20-13-15-23(16-14-20)37-19-22-11-7-4-8-12-22/h3-17H,18-19H2,1-2H3,(H,30,31). The third-order valence-corrected chi connectivity index (χ3v) is 6.04. The molecule has 2 aromatic heterocycles. The first-order valence-electron chi connectivity index (χ1n) is 11.8. The Bertz CT molecular complexity index is 1670. The van der Waals surface area contributed by atoms with Gasteiger partial charge in [0.2, 0.25) is 5.95 Å². The summed E-state index contributed by atoms with van der Waals surface area (Å²) >= 11 is 0. The monoisotopic (exact) mass is 494 g/mol. The zero-order chi connectivity index (χ0) is 25.8. The van der Waals surface area contributed by atoms with Crippen LogP contribution in [-0.2, 0) is 27.2 Å². The van der Waals surface area contributed by atoms with Gasteiger partial charge in [-0.05, 0) is 41.0 Å². The van der Waals surface area contributed by atoms with Crippen LogP contribution in [0, 0.1) is 0 Å². The summed E-state index contributed by atoms with van der Waals surface area (Å²) in [7, 11) is 3.06. The molecule has 0 amide bonds. The van der Waals surface area contributed by atoms with E-state index in [1.807, 2.05) is 84.9 Å². The number of anilines is 1. The van der Waals surface area contributed by atoms with Gasteiger partial charge in [0.15, 0.2) is 11.2 Å². The largest absolute Gasteiger partial charge is 0.489 e. The van der Waals surface area contributed by atoms with E-state index in [1.54, 1.807) is 17.8 Å². The molecule has 0 aliphatic heterocycles. The second kappa shape index (κ2) is 10.4. The number of rotatable bonds is 8. The summed E-state index contributed by atoms with van der Waals surface area (Å²) in [6, 6.07) is 27.3. The average molecular weight is 495 g/mol. The second-order valence-corrected chi connectivity index (χ2v) is 8.60. The molecule has 0 saturated heterocycles. The fraction of sp³-hybridized carbons (Fsp3) is 0.143. The van der Waals surface area contributed by atoms with Gasteiger partial charge in [0.05, 0.1) is 12.8 Å². The number of hydrogen-bond acceptors (Lipinski definition) is 6. The molecule has 5 rings (SSSR count). The lowest BCUT2D eigenvalue weighted by Gasteiger charge is -2.09. The van der Waals surface area contributed by atoms with Crippen LogP contribution in [-0.4, -0.2) is 24.9 Å². The van der Waals surface area contributed by atoms with Crippen molar-refractivity contribution in [2.24, 2.45) is 19.2 Å². The third kappa shape index (κ3) is 5.06. The number of aryl methyl sites for hydroxylation is 1. The van der Waals surface area contributed by atoms with E-state index in [1.165, 1.54) is 11.6 Å². The van der Waals surface area contributed by atoms with Crippen LogP contribution in [0.3, 0.4) is 0 Å². The van der Waals surface area contributed by atoms with Crippen LogP contribution in [0.15, 0.2) is 99.6 Å². The summed E-state index contributed by atoms with van der Waals surface area (Å²) in [5.41, 5.74) is 5.66. The zero-order valence-electron chi connectivity index (χ0n) is 20.5. The SMILES string of the molecule is Cn1c(=O)c2c(nc(NN=Cc3ccc(OCc4ccccc4)cc3)n2Cc2ccccc2)n(C)c1=O. The highest BCUT2D eigenvalue weighted by atomic mass is 16.5. The molecule has 2 heterocycles. The van der Waals surface area contributed by atoms with Crippen molar-refractivity contribution >= 4 is 23.3 Å². The van der Waals surface area contributed by atoms with Crippen LogP contribution in [0.4, 0.5) is 5.95 Å². The van der Waals surface area contributed by atoms with Crippen LogP contribution in [0.1, 0.15) is 16.7 Å². The maximum Gasteiger partial charge on any atom is 0.332 e. The Hall–Kier alpha value is -4.92. The topological polar surface area (TPSA) is 95.4 Å². The molecular weight excluding hydrogens is 468 g/mol. The molecule has 0 aliphatic rings. The van der Waals surface area contributed by atoms with Gasteiger partial charge in [0.1, 0.15) is 12.4 Å². The highest BCUT2D eigenvalue weighted by Crippen LogP contribution is 2.18. The van der Waals surface area contributed by atoms with Crippen LogP contribution >= 0.6 is 0 Å². The van der Waals surface area contributed by atoms with Crippen molar-refractivity contribution in [3.05, 3.63) is 122 Å². The number of aromatic nitrogens is 4. The van der Waals surface area contributed by atoms with Crippen molar-refractivity contribution in [1.82, 2.24) is 18.7 Å². The van der Waals surface area contributed by atoms with E-state index in [-0.39, 0.29) is 0 Å². The first-order valence-corrected chi connectivity index (χ1v) is 11.8. The molecule has 0 unspecified atom stereocenters. The number of ether oxygens (including phenoxy) is 1. The van der Waals surface area contributed by atoms with E-state index in [0.29, 0.717) is 30.3 Å². The van der Waals surface area contributed by atoms with Crippen molar-refractivity contribution < 1.29 is 4.74 Å². The number of nitrogens with one attached hydrogen (secondary N) is 1. The Morgan fingerprint density at radius 2 is 1.51 bits per heavy atom. The minimum Gasteiger partial charge on any atom is -0.489 e. The van der Waals surface area contributed by atoms with E-state index in [0.717, 1.165) is 27.0 Å². The number of nitrogens with zero attached hydrogens (tertiary/aromatic N) is 5. The van der Waals surface area contributed by atoms with Crippen molar-refractivity contribution in [2.75, 3.05) is 5.43 Å². The van der Waals surface area contributed by atoms with E-state index >= 15 is 0 Å². The molecule has 0 saturated carbocycles. The molecule has 5 aromatic rings. The quantitative estimate of drug-likeness (QED) is 0.263. The maximum atomic E-state index is 13.0. The highest BCUT2D eigenvalue weighted by Gasteiger charge is 2.19. The lowest BCUT2D eigenvalue weighted by Crippen LogP contribution is -2.37. The molecule has 0 bridgehead atoms. The normalized spacial score (nSPS) is 11.3. The summed E-state index contributed by atoms with van der Waals surface area (Å²) in [5.74, 6) is 1.12. The van der Waals surface area contributed by atoms with Gasteiger partial charge in [-0.2, -0.15) is 10.1 Å². The van der Waals surface area contributed by atoms with Gasteiger partial charge in [-0.1, -0.05) is 60.7 Å². The van der Waals surface area contributed by atoms with E-state index < -0.39 is 11.2 Å². The number of benzene rings is 3. The van der Waals surface area contributed by atoms with Crippen molar-refractivity contribution in [3.63, 3.8) is 0 Å². The summed E-state index contributed by atoms with van der Waals surface area (Å²) in [4.78, 5) is 30.0. The van der Waals surface area contributed by atoms with E-state index in [2.05, 4.69) is 15.5 Å². The van der Waals surface area contributed by atoms with Crippen LogP contribution in [0.2, 0.25) is 0 Å². The van der Waals surface area contributed by atoms with Gasteiger partial charge in [-0.25, -0.2) is 10.2 Å². The minimum atomic E-state index is -0.438. The molecule has 37 heavy (non-hydrogen) atoms. The summed E-state index contributed by atoms with van der Waals surface area (Å²) in [6.07, 6.45) is 1.66. The van der Waals surface area contributed by atoms with Gasteiger partial charge in [0, 0.05) is 14.1 Å². The van der Waals surface area contributed by atoms with Crippen LogP contribution in [0.25, 0.3) is 11.2 Å². The smallest absolute Gasteiger partial charge is 0.332 e. The second-order valence-electron chi connectivity index (χ2n) is 8.60. The maximum absolute atomic E-state index is 13.0. The van der Waals surface area contributed by atoms with Gasteiger partial charge in [-0.3, -0.25) is 18.5 Å². The number of imidazole rings is 1. The number of fused-ring (bicyclic) bond motifs is 1. The highest BCUT2D eigenvalue weighted by molar-refractivity contribution is 5.80. The molecule has 0 fully saturated rings. The van der Waals surface area contributed by atoms with Gasteiger partial charge >= 0.3 is 5.69 Å². The van der Waals surface area contributed by atoms with Crippen molar-refractivity contribution in [3.8, 4) is 5.75 Å². The molecular formula is C28H26N6O3. The van der Waals surface area contributed by atoms with Crippen molar-refractivity contribution in [2.45, 2.75) is 13.2 Å². The molecule has 9 nitrogen and oxygen atoms in total. The zero-order valence-corrected chi connectivity index (χ0v) is 20.5. The minimum absolute atomic E-state index is 0.293. The van der Waals surface area contributed by atoms with Gasteiger partial charge < -0.3 is 4.74 Å². The molecule has 1 N–H and O–H groups in total. The fourth-order valence-corrected chi connectivity index (χ4v) is 4.01. The molecule has 0 spiro atoms. The first kappa shape index (κ1) is 23.8. The summed E-state index contributed by atoms with van der Waals surface area (Å²) in [6.45, 7) is 0.880. The van der Waals surface area contributed by atoms with Crippen LogP contribution in [0.5, 0.6) is 5.75 Å². The predicted octanol–water partition coefficient (Wildman–Crippen LogP) is 3.51. The molecule has 0 radical (unpaired) electrons. The molecule has 0 aliphatic carbocycles. The number of hydrogen-bond donors (Lipinski definition) is 1. The Labute approximate surface area is 212 Å². The summed E-state index contributed by atoms with van der Waals surface area (Å²) < 4.78 is 10.0. The van der Waals surface area contributed by atoms with Crippen LogP contribution < -0.4 is 21.4 Å². The van der Waals surface area contributed by atoms with Gasteiger partial charge in [-0.15, -0.1) is 0 Å². The Morgan fingerprint density at radius 3 is 2.19 bits per heavy atom. The Morgan fingerprint density at radius 1 is 0.865 bits per heavy atom. The van der Waals surface area contributed by atoms with E-state index in [9.17, 15) is 9.59 Å². The molecule has 186 valence electrons. The molecule has 9 heteroatoms. The van der Waals surface area contributed by atoms with Crippen molar-refractivity contribution in [1.29, 1.82) is 0 Å². The fourth-order valence-electron chi connectivity index (χ4n) is 4.01. The Kier molecular flexibility index (Phi) is 6.67. The third-order valence-electron chi connectivity index (χ3n) is 6.04. The Balaban J connectivity index is 1.38. The lowest BCUT2D eigenvalue weighted by molar-refractivity contribution is 0.306. The van der Waals surface area contributed by atoms with Gasteiger partial charge in [0.25, 0.3) is 5.56 Å². The predicted molar refractivity (Wildman–Crippen MR) is 144 cm³/mol.